The molecule has 0 amide bonds. The Kier molecular flexibility index (Phi) is 4.31. The number of methoxy groups -OCH3 is 1. The summed E-state index contributed by atoms with van der Waals surface area (Å²) in [6, 6.07) is -0.919. The van der Waals surface area contributed by atoms with E-state index in [9.17, 15) is 10.2 Å². The molecule has 2 N–H and O–H groups in total. The zero-order valence-corrected chi connectivity index (χ0v) is 8.65. The van der Waals surface area contributed by atoms with Crippen LogP contribution in [0.2, 0.25) is 0 Å². The molecule has 0 saturated carbocycles. The molecular formula is C8H15N3O4. The Morgan fingerprint density at radius 1 is 1.47 bits per heavy atom. The van der Waals surface area contributed by atoms with Crippen molar-refractivity contribution >= 4 is 0 Å². The summed E-state index contributed by atoms with van der Waals surface area (Å²) < 4.78 is 10.3. The fourth-order valence-corrected chi connectivity index (χ4v) is 1.63. The van der Waals surface area contributed by atoms with Crippen molar-refractivity contribution in [3.8, 4) is 0 Å². The Hall–Kier alpha value is -0.850. The highest BCUT2D eigenvalue weighted by Gasteiger charge is 2.43. The van der Waals surface area contributed by atoms with Crippen molar-refractivity contribution in [2.75, 3.05) is 7.11 Å². The first kappa shape index (κ1) is 12.2. The van der Waals surface area contributed by atoms with Gasteiger partial charge < -0.3 is 19.7 Å². The first-order valence-electron chi connectivity index (χ1n) is 4.74. The SMILES string of the molecule is CC[C@H]1O[C@@H](OC)C(N=[N+]=[N-])[C@@H](O)[C@H]1O. The molecule has 0 radical (unpaired) electrons. The van der Waals surface area contributed by atoms with Gasteiger partial charge in [-0.25, -0.2) is 0 Å². The highest BCUT2D eigenvalue weighted by atomic mass is 16.7. The monoisotopic (exact) mass is 217 g/mol. The largest absolute Gasteiger partial charge is 0.390 e. The maximum Gasteiger partial charge on any atom is 0.168 e. The van der Waals surface area contributed by atoms with E-state index < -0.39 is 30.6 Å². The number of hydrogen-bond acceptors (Lipinski definition) is 5. The maximum atomic E-state index is 9.70. The van der Waals surface area contributed by atoms with Crippen molar-refractivity contribution in [1.29, 1.82) is 0 Å². The van der Waals surface area contributed by atoms with Gasteiger partial charge in [0, 0.05) is 12.0 Å². The van der Waals surface area contributed by atoms with Gasteiger partial charge in [0.05, 0.1) is 12.2 Å². The van der Waals surface area contributed by atoms with Crippen molar-refractivity contribution in [2.24, 2.45) is 5.11 Å². The number of nitrogens with zero attached hydrogens (tertiary/aromatic N) is 3. The van der Waals surface area contributed by atoms with Crippen LogP contribution in [-0.2, 0) is 9.47 Å². The summed E-state index contributed by atoms with van der Waals surface area (Å²) in [4.78, 5) is 2.59. The summed E-state index contributed by atoms with van der Waals surface area (Å²) in [5.41, 5.74) is 8.31. The Morgan fingerprint density at radius 3 is 2.60 bits per heavy atom. The Bertz CT molecular complexity index is 254. The molecule has 0 spiro atoms. The van der Waals surface area contributed by atoms with E-state index in [4.69, 9.17) is 15.0 Å². The van der Waals surface area contributed by atoms with Crippen LogP contribution in [0.1, 0.15) is 13.3 Å². The third kappa shape index (κ3) is 2.39. The van der Waals surface area contributed by atoms with Gasteiger partial charge in [-0.1, -0.05) is 12.0 Å². The van der Waals surface area contributed by atoms with Crippen LogP contribution in [0, 0.1) is 0 Å². The minimum atomic E-state index is -1.16. The van der Waals surface area contributed by atoms with Crippen LogP contribution >= 0.6 is 0 Å². The highest BCUT2D eigenvalue weighted by molar-refractivity contribution is 4.93. The Morgan fingerprint density at radius 2 is 2.13 bits per heavy atom. The van der Waals surface area contributed by atoms with Crippen molar-refractivity contribution in [1.82, 2.24) is 0 Å². The summed E-state index contributed by atoms with van der Waals surface area (Å²) in [5, 5.41) is 22.7. The van der Waals surface area contributed by atoms with Crippen molar-refractivity contribution in [2.45, 2.75) is 44.0 Å². The molecule has 86 valence electrons. The average Bonchev–Trinajstić information content (AvgIpc) is 2.25. The molecule has 1 fully saturated rings. The molecule has 0 bridgehead atoms. The second-order valence-electron chi connectivity index (χ2n) is 3.36. The predicted molar refractivity (Wildman–Crippen MR) is 50.9 cm³/mol. The van der Waals surface area contributed by atoms with E-state index in [0.29, 0.717) is 6.42 Å². The summed E-state index contributed by atoms with van der Waals surface area (Å²) in [7, 11) is 1.39. The minimum Gasteiger partial charge on any atom is -0.390 e. The quantitative estimate of drug-likeness (QED) is 0.399. The van der Waals surface area contributed by atoms with Crippen molar-refractivity contribution in [3.63, 3.8) is 0 Å². The zero-order valence-electron chi connectivity index (χ0n) is 8.65. The summed E-state index contributed by atoms with van der Waals surface area (Å²) >= 11 is 0. The molecule has 7 heteroatoms. The third-order valence-electron chi connectivity index (χ3n) is 2.49. The van der Waals surface area contributed by atoms with E-state index in [0.717, 1.165) is 0 Å². The number of ether oxygens (including phenoxy) is 2. The zero-order chi connectivity index (χ0) is 11.4. The van der Waals surface area contributed by atoms with E-state index in [2.05, 4.69) is 10.0 Å². The lowest BCUT2D eigenvalue weighted by atomic mass is 9.96. The molecule has 1 aliphatic rings. The number of aliphatic hydroxyl groups is 2. The highest BCUT2D eigenvalue weighted by Crippen LogP contribution is 2.25. The van der Waals surface area contributed by atoms with E-state index in [1.165, 1.54) is 7.11 Å². The molecular weight excluding hydrogens is 202 g/mol. The van der Waals surface area contributed by atoms with Crippen molar-refractivity contribution < 1.29 is 19.7 Å². The number of hydrogen-bond donors (Lipinski definition) is 2. The van der Waals surface area contributed by atoms with E-state index in [1.807, 2.05) is 6.92 Å². The van der Waals surface area contributed by atoms with Crippen LogP contribution in [0.15, 0.2) is 5.11 Å². The first-order valence-corrected chi connectivity index (χ1v) is 4.74. The van der Waals surface area contributed by atoms with E-state index in [-0.39, 0.29) is 0 Å². The number of aliphatic hydroxyl groups excluding tert-OH is 2. The topological polar surface area (TPSA) is 108 Å². The molecule has 15 heavy (non-hydrogen) atoms. The van der Waals surface area contributed by atoms with Crippen LogP contribution in [0.4, 0.5) is 0 Å². The summed E-state index contributed by atoms with van der Waals surface area (Å²) in [5.74, 6) is 0. The molecule has 1 heterocycles. The molecule has 0 aliphatic carbocycles. The standard InChI is InChI=1S/C8H15N3O4/c1-3-4-6(12)7(13)5(10-11-9)8(14-2)15-4/h4-8,12-13H,3H2,1-2H3/t4-,5?,6+,7-,8-/m1/s1. The first-order chi connectivity index (χ1) is 7.15. The molecule has 1 aliphatic heterocycles. The molecule has 0 aromatic carbocycles. The minimum absolute atomic E-state index is 0.505. The molecule has 0 aromatic rings. The second kappa shape index (κ2) is 5.29. The Labute approximate surface area is 87.2 Å². The van der Waals surface area contributed by atoms with E-state index >= 15 is 0 Å². The third-order valence-corrected chi connectivity index (χ3v) is 2.49. The van der Waals surface area contributed by atoms with Crippen LogP contribution in [-0.4, -0.2) is 48.0 Å². The molecule has 0 aromatic heterocycles. The van der Waals surface area contributed by atoms with Gasteiger partial charge in [-0.2, -0.15) is 0 Å². The van der Waals surface area contributed by atoms with Gasteiger partial charge in [-0.05, 0) is 12.0 Å². The second-order valence-corrected chi connectivity index (χ2v) is 3.36. The van der Waals surface area contributed by atoms with Crippen LogP contribution in [0.3, 0.4) is 0 Å². The molecule has 5 atom stereocenters. The summed E-state index contributed by atoms with van der Waals surface area (Å²) in [6.45, 7) is 1.82. The lowest BCUT2D eigenvalue weighted by Crippen LogP contribution is -2.56. The molecule has 1 rings (SSSR count). The van der Waals surface area contributed by atoms with Crippen LogP contribution in [0.5, 0.6) is 0 Å². The maximum absolute atomic E-state index is 9.70. The van der Waals surface area contributed by atoms with Gasteiger partial charge in [0.15, 0.2) is 6.29 Å². The smallest absolute Gasteiger partial charge is 0.168 e. The van der Waals surface area contributed by atoms with Gasteiger partial charge in [0.2, 0.25) is 0 Å². The fraction of sp³-hybridized carbons (Fsp3) is 1.00. The normalized spacial score (nSPS) is 40.9. The van der Waals surface area contributed by atoms with Gasteiger partial charge in [-0.3, -0.25) is 0 Å². The fourth-order valence-electron chi connectivity index (χ4n) is 1.63. The van der Waals surface area contributed by atoms with Gasteiger partial charge in [0.25, 0.3) is 0 Å². The van der Waals surface area contributed by atoms with Crippen molar-refractivity contribution in [3.05, 3.63) is 10.4 Å². The summed E-state index contributed by atoms with van der Waals surface area (Å²) in [6.07, 6.45) is -3.00. The number of rotatable bonds is 3. The van der Waals surface area contributed by atoms with Gasteiger partial charge >= 0.3 is 0 Å². The van der Waals surface area contributed by atoms with E-state index in [1.54, 1.807) is 0 Å². The van der Waals surface area contributed by atoms with Gasteiger partial charge in [0.1, 0.15) is 12.1 Å². The molecule has 1 saturated heterocycles. The lowest BCUT2D eigenvalue weighted by Gasteiger charge is -2.39. The molecule has 1 unspecified atom stereocenters. The van der Waals surface area contributed by atoms with Gasteiger partial charge in [-0.15, -0.1) is 0 Å². The predicted octanol–water partition coefficient (Wildman–Crippen LogP) is 0.168. The van der Waals surface area contributed by atoms with Crippen LogP contribution < -0.4 is 0 Å². The number of azide groups is 1. The van der Waals surface area contributed by atoms with Crippen LogP contribution in [0.25, 0.3) is 10.4 Å². The average molecular weight is 217 g/mol. The Balaban J connectivity index is 2.83. The lowest BCUT2D eigenvalue weighted by molar-refractivity contribution is -0.251. The molecule has 7 nitrogen and oxygen atoms in total.